The average molecular weight is 606 g/mol. The normalized spacial score (nSPS) is 14.7. The number of nitrogens with zero attached hydrogens (tertiary/aromatic N) is 2. The van der Waals surface area contributed by atoms with Gasteiger partial charge >= 0.3 is 0 Å². The quantitative estimate of drug-likeness (QED) is 0.353. The van der Waals surface area contributed by atoms with E-state index in [0.717, 1.165) is 23.6 Å². The lowest BCUT2D eigenvalue weighted by Gasteiger charge is -2.25. The van der Waals surface area contributed by atoms with Crippen LogP contribution in [0.2, 0.25) is 5.02 Å². The second-order valence-electron chi connectivity index (χ2n) is 9.44. The van der Waals surface area contributed by atoms with Gasteiger partial charge in [-0.15, -0.1) is 0 Å². The maximum Gasteiger partial charge on any atom is 0.243 e. The first-order valence-corrected chi connectivity index (χ1v) is 16.1. The molecule has 1 N–H and O–H groups in total. The first-order valence-electron chi connectivity index (χ1n) is 12.8. The van der Waals surface area contributed by atoms with Crippen molar-refractivity contribution in [1.29, 1.82) is 0 Å². The Hall–Kier alpha value is -2.96. The zero-order chi connectivity index (χ0) is 28.8. The molecule has 1 aliphatic heterocycles. The molecule has 0 saturated carbocycles. The summed E-state index contributed by atoms with van der Waals surface area (Å²) in [5.74, 6) is -0.174. The van der Waals surface area contributed by atoms with Gasteiger partial charge in [-0.1, -0.05) is 60.5 Å². The third-order valence-corrected chi connectivity index (χ3v) is 10.6. The van der Waals surface area contributed by atoms with Crippen LogP contribution in [0.5, 0.6) is 5.75 Å². The first-order chi connectivity index (χ1) is 19.1. The number of halogens is 1. The smallest absolute Gasteiger partial charge is 0.243 e. The van der Waals surface area contributed by atoms with Crippen molar-refractivity contribution in [2.24, 2.45) is 0 Å². The van der Waals surface area contributed by atoms with Gasteiger partial charge in [0.05, 0.1) is 28.5 Å². The third kappa shape index (κ3) is 7.21. The van der Waals surface area contributed by atoms with Crippen LogP contribution >= 0.6 is 11.6 Å². The van der Waals surface area contributed by atoms with E-state index in [1.54, 1.807) is 36.4 Å². The van der Waals surface area contributed by atoms with Gasteiger partial charge in [0, 0.05) is 26.2 Å². The number of benzene rings is 3. The van der Waals surface area contributed by atoms with Crippen LogP contribution in [0.4, 0.5) is 0 Å². The largest absolute Gasteiger partial charge is 0.495 e. The Morgan fingerprint density at radius 3 is 2.17 bits per heavy atom. The minimum absolute atomic E-state index is 0.0245. The summed E-state index contributed by atoms with van der Waals surface area (Å²) in [4.78, 5) is 13.1. The van der Waals surface area contributed by atoms with Gasteiger partial charge < -0.3 is 10.1 Å². The summed E-state index contributed by atoms with van der Waals surface area (Å²) in [5, 5.41) is 2.88. The van der Waals surface area contributed by atoms with Crippen molar-refractivity contribution >= 4 is 37.6 Å². The van der Waals surface area contributed by atoms with E-state index in [2.05, 4.69) is 5.32 Å². The molecule has 1 amide bonds. The van der Waals surface area contributed by atoms with E-state index in [1.165, 1.54) is 41.7 Å². The molecule has 40 heavy (non-hydrogen) atoms. The molecule has 0 bridgehead atoms. The predicted octanol–water partition coefficient (Wildman–Crippen LogP) is 4.03. The summed E-state index contributed by atoms with van der Waals surface area (Å²) >= 11 is 6.18. The van der Waals surface area contributed by atoms with Crippen molar-refractivity contribution in [2.45, 2.75) is 42.1 Å². The molecule has 0 aromatic heterocycles. The summed E-state index contributed by atoms with van der Waals surface area (Å²) in [6.07, 6.45) is 2.74. The second kappa shape index (κ2) is 13.1. The summed E-state index contributed by atoms with van der Waals surface area (Å²) in [6, 6.07) is 19.5. The Balaban J connectivity index is 1.46. The van der Waals surface area contributed by atoms with Gasteiger partial charge in [-0.2, -0.15) is 8.61 Å². The van der Waals surface area contributed by atoms with Crippen molar-refractivity contribution < 1.29 is 26.4 Å². The number of carbonyl (C=O) groups excluding carboxylic acids is 1. The van der Waals surface area contributed by atoms with Gasteiger partial charge in [0.15, 0.2) is 0 Å². The highest BCUT2D eigenvalue weighted by atomic mass is 35.5. The summed E-state index contributed by atoms with van der Waals surface area (Å²) < 4.78 is 60.6. The lowest BCUT2D eigenvalue weighted by atomic mass is 10.2. The number of hydrogen-bond donors (Lipinski definition) is 1. The van der Waals surface area contributed by atoms with Crippen LogP contribution < -0.4 is 10.1 Å². The Morgan fingerprint density at radius 2 is 1.55 bits per heavy atom. The average Bonchev–Trinajstić information content (AvgIpc) is 2.97. The Bertz CT molecular complexity index is 1530. The number of methoxy groups -OCH3 is 1. The van der Waals surface area contributed by atoms with Crippen molar-refractivity contribution in [1.82, 2.24) is 13.9 Å². The molecule has 4 rings (SSSR count). The maximum atomic E-state index is 13.5. The van der Waals surface area contributed by atoms with E-state index >= 15 is 0 Å². The van der Waals surface area contributed by atoms with Crippen molar-refractivity contribution in [3.63, 3.8) is 0 Å². The van der Waals surface area contributed by atoms with Crippen LogP contribution in [0.15, 0.2) is 82.6 Å². The van der Waals surface area contributed by atoms with E-state index in [-0.39, 0.29) is 27.9 Å². The fourth-order valence-corrected chi connectivity index (χ4v) is 7.67. The van der Waals surface area contributed by atoms with Crippen molar-refractivity contribution in [3.8, 4) is 5.75 Å². The molecule has 3 aromatic rings. The molecule has 0 unspecified atom stereocenters. The Kier molecular flexibility index (Phi) is 9.85. The SMILES string of the molecule is COc1ccc(S(=O)(=O)N(CC(=O)NCc2ccc(S(=O)(=O)N3CCCCC3)cc2)Cc2ccccc2)cc1Cl. The highest BCUT2D eigenvalue weighted by Gasteiger charge is 2.28. The molecule has 214 valence electrons. The molecule has 1 aliphatic rings. The fourth-order valence-electron chi connectivity index (χ4n) is 4.42. The van der Waals surface area contributed by atoms with Gasteiger partial charge in [0.1, 0.15) is 5.75 Å². The standard InChI is InChI=1S/C28H32ClN3O6S2/c1-38-27-15-14-25(18-26(27)29)40(36,37)32(20-23-8-4-2-5-9-23)21-28(33)30-19-22-10-12-24(13-11-22)39(34,35)31-16-6-3-7-17-31/h2,4-5,8-15,18H,3,6-7,16-17,19-21H2,1H3,(H,30,33). The van der Waals surface area contributed by atoms with Crippen LogP contribution in [0.1, 0.15) is 30.4 Å². The number of rotatable bonds is 11. The lowest BCUT2D eigenvalue weighted by Crippen LogP contribution is -2.40. The van der Waals surface area contributed by atoms with Crippen LogP contribution in [0.3, 0.4) is 0 Å². The molecular weight excluding hydrogens is 574 g/mol. The Labute approximate surface area is 240 Å². The first kappa shape index (κ1) is 30.0. The van der Waals surface area contributed by atoms with E-state index in [0.29, 0.717) is 30.0 Å². The van der Waals surface area contributed by atoms with Crippen LogP contribution in [-0.2, 0) is 37.9 Å². The van der Waals surface area contributed by atoms with Gasteiger partial charge in [-0.05, 0) is 54.3 Å². The van der Waals surface area contributed by atoms with Gasteiger partial charge in [-0.25, -0.2) is 16.8 Å². The zero-order valence-corrected chi connectivity index (χ0v) is 24.5. The van der Waals surface area contributed by atoms with Crippen molar-refractivity contribution in [2.75, 3.05) is 26.7 Å². The van der Waals surface area contributed by atoms with E-state index in [9.17, 15) is 21.6 Å². The number of piperidine rings is 1. The highest BCUT2D eigenvalue weighted by Crippen LogP contribution is 2.29. The third-order valence-electron chi connectivity index (χ3n) is 6.65. The summed E-state index contributed by atoms with van der Waals surface area (Å²) in [7, 11) is -6.21. The fraction of sp³-hybridized carbons (Fsp3) is 0.321. The second-order valence-corrected chi connectivity index (χ2v) is 13.7. The van der Waals surface area contributed by atoms with Crippen LogP contribution in [-0.4, -0.2) is 58.1 Å². The van der Waals surface area contributed by atoms with Gasteiger partial charge in [0.2, 0.25) is 26.0 Å². The number of ether oxygens (including phenoxy) is 1. The Morgan fingerprint density at radius 1 is 0.900 bits per heavy atom. The van der Waals surface area contributed by atoms with Gasteiger partial charge in [0.25, 0.3) is 0 Å². The lowest BCUT2D eigenvalue weighted by molar-refractivity contribution is -0.121. The molecule has 0 atom stereocenters. The molecule has 0 spiro atoms. The van der Waals surface area contributed by atoms with E-state index < -0.39 is 32.5 Å². The van der Waals surface area contributed by atoms with Gasteiger partial charge in [-0.3, -0.25) is 4.79 Å². The minimum atomic E-state index is -4.10. The molecule has 1 heterocycles. The maximum absolute atomic E-state index is 13.5. The predicted molar refractivity (Wildman–Crippen MR) is 153 cm³/mol. The zero-order valence-electron chi connectivity index (χ0n) is 22.1. The number of amides is 1. The topological polar surface area (TPSA) is 113 Å². The van der Waals surface area contributed by atoms with E-state index in [4.69, 9.17) is 16.3 Å². The highest BCUT2D eigenvalue weighted by molar-refractivity contribution is 7.89. The molecular formula is C28H32ClN3O6S2. The monoisotopic (exact) mass is 605 g/mol. The molecule has 0 aliphatic carbocycles. The molecule has 0 radical (unpaired) electrons. The number of nitrogens with one attached hydrogen (secondary N) is 1. The number of sulfonamides is 2. The van der Waals surface area contributed by atoms with Crippen molar-refractivity contribution in [3.05, 3.63) is 88.9 Å². The molecule has 1 saturated heterocycles. The van der Waals surface area contributed by atoms with E-state index in [1.807, 2.05) is 6.07 Å². The molecule has 3 aromatic carbocycles. The summed E-state index contributed by atoms with van der Waals surface area (Å²) in [6.45, 7) is 0.693. The summed E-state index contributed by atoms with van der Waals surface area (Å²) in [5.41, 5.74) is 1.40. The number of hydrogen-bond acceptors (Lipinski definition) is 6. The molecule has 1 fully saturated rings. The van der Waals surface area contributed by atoms with Crippen LogP contribution in [0, 0.1) is 0 Å². The molecule has 9 nitrogen and oxygen atoms in total. The molecule has 12 heteroatoms. The minimum Gasteiger partial charge on any atom is -0.495 e. The van der Waals surface area contributed by atoms with Crippen LogP contribution in [0.25, 0.3) is 0 Å². The number of carbonyl (C=O) groups is 1.